The van der Waals surface area contributed by atoms with E-state index in [1.165, 1.54) is 12.8 Å². The Kier molecular flexibility index (Phi) is 14.7. The van der Waals surface area contributed by atoms with Gasteiger partial charge in [0, 0.05) is 55.8 Å². The number of aromatic nitrogens is 2. The number of esters is 1. The van der Waals surface area contributed by atoms with Crippen molar-refractivity contribution in [1.29, 1.82) is 0 Å². The van der Waals surface area contributed by atoms with Crippen LogP contribution < -0.4 is 38.2 Å². The van der Waals surface area contributed by atoms with Crippen molar-refractivity contribution < 1.29 is 57.1 Å². The van der Waals surface area contributed by atoms with E-state index in [2.05, 4.69) is 11.8 Å². The summed E-state index contributed by atoms with van der Waals surface area (Å²) in [5.41, 5.74) is 1.76. The molecule has 10 nitrogen and oxygen atoms in total. The molecule has 2 aliphatic rings. The summed E-state index contributed by atoms with van der Waals surface area (Å²) in [6.45, 7) is 7.84. The van der Waals surface area contributed by atoms with E-state index in [-0.39, 0.29) is 55.3 Å². The summed E-state index contributed by atoms with van der Waals surface area (Å²) in [6, 6.07) is 13.2. The van der Waals surface area contributed by atoms with Crippen LogP contribution in [0.1, 0.15) is 57.9 Å². The average Bonchev–Trinajstić information content (AvgIpc) is 3.70. The molecule has 0 aliphatic carbocycles. The number of carbonyl (C=O) groups is 2. The van der Waals surface area contributed by atoms with Crippen molar-refractivity contribution in [2.24, 2.45) is 0 Å². The second-order valence-electron chi connectivity index (χ2n) is 12.1. The van der Waals surface area contributed by atoms with E-state index in [0.29, 0.717) is 35.2 Å². The predicted molar refractivity (Wildman–Crippen MR) is 179 cm³/mol. The van der Waals surface area contributed by atoms with E-state index >= 15 is 0 Å². The van der Waals surface area contributed by atoms with Gasteiger partial charge in [0.2, 0.25) is 24.8 Å². The van der Waals surface area contributed by atoms with Crippen LogP contribution >= 0.6 is 23.2 Å². The lowest BCUT2D eigenvalue weighted by Crippen LogP contribution is -3.00. The highest BCUT2D eigenvalue weighted by atomic mass is 127. The number of amides is 1. The van der Waals surface area contributed by atoms with Gasteiger partial charge in [-0.25, -0.2) is 9.13 Å². The molecular weight excluding hydrogens is 770 g/mol. The van der Waals surface area contributed by atoms with Crippen LogP contribution in [0.2, 0.25) is 10.0 Å². The minimum Gasteiger partial charge on any atom is -1.00 e. The second kappa shape index (κ2) is 18.4. The lowest BCUT2D eigenvalue weighted by Gasteiger charge is -2.35. The Labute approximate surface area is 310 Å². The number of rotatable bonds is 15. The standard InChI is InChI=1S/C35H45Cl2N4O6.HI/c1-3-4-5-6-7-8-34(43)45-26-39-16-15-38(25-39)24-35(32-14-9-28(36)21-33(32)37)46-23-31(47-35)22-44-30-12-10-29(11-13-30)41-19-17-40(18-20-41)27(2)42;/h9-16,21,25,31H,3-8,17-20,22-24,26H2,1-2H3;1H/q+1;/p-1/t31-,35-;/m0./s1. The summed E-state index contributed by atoms with van der Waals surface area (Å²) in [6.07, 6.45) is 11.0. The minimum absolute atomic E-state index is 0. The molecule has 0 spiro atoms. The lowest BCUT2D eigenvalue weighted by atomic mass is 10.1. The molecule has 0 radical (unpaired) electrons. The number of carbonyl (C=O) groups excluding carboxylic acids is 2. The molecule has 5 rings (SSSR count). The van der Waals surface area contributed by atoms with Crippen molar-refractivity contribution >= 4 is 40.8 Å². The van der Waals surface area contributed by atoms with Crippen LogP contribution in [-0.4, -0.2) is 66.8 Å². The topological polar surface area (TPSA) is 86.4 Å². The van der Waals surface area contributed by atoms with Crippen LogP contribution in [0.3, 0.4) is 0 Å². The number of imidazole rings is 1. The van der Waals surface area contributed by atoms with Crippen LogP contribution in [0.5, 0.6) is 5.75 Å². The van der Waals surface area contributed by atoms with Crippen molar-refractivity contribution in [2.75, 3.05) is 44.3 Å². The van der Waals surface area contributed by atoms with Gasteiger partial charge in [-0.15, -0.1) is 0 Å². The number of halogens is 3. The first-order valence-corrected chi connectivity index (χ1v) is 17.2. The van der Waals surface area contributed by atoms with Gasteiger partial charge in [0.1, 0.15) is 37.4 Å². The number of ether oxygens (including phenoxy) is 4. The molecule has 48 heavy (non-hydrogen) atoms. The molecule has 0 saturated carbocycles. The van der Waals surface area contributed by atoms with Gasteiger partial charge in [0.25, 0.3) is 0 Å². The zero-order chi connectivity index (χ0) is 33.2. The maximum Gasteiger partial charge on any atom is 0.308 e. The quantitative estimate of drug-likeness (QED) is 0.101. The molecule has 13 heteroatoms. The van der Waals surface area contributed by atoms with Gasteiger partial charge in [-0.1, -0.05) is 61.9 Å². The van der Waals surface area contributed by atoms with E-state index in [0.717, 1.165) is 56.9 Å². The summed E-state index contributed by atoms with van der Waals surface area (Å²) < 4.78 is 28.3. The van der Waals surface area contributed by atoms with Crippen LogP contribution in [-0.2, 0) is 42.9 Å². The SMILES string of the molecule is CCCCCCCC(=O)OC[n+]1ccn(C[C@]2(c3ccc(Cl)cc3Cl)OC[C@H](COc3ccc(N4CCN(C(C)=O)CC4)cc3)O2)c1.[I-]. The number of hydrogen-bond donors (Lipinski definition) is 0. The number of unbranched alkanes of at least 4 members (excludes halogenated alkanes) is 4. The first-order valence-electron chi connectivity index (χ1n) is 16.5. The highest BCUT2D eigenvalue weighted by Crippen LogP contribution is 2.40. The third kappa shape index (κ3) is 10.5. The predicted octanol–water partition coefficient (Wildman–Crippen LogP) is 2.96. The molecule has 3 aromatic rings. The Morgan fingerprint density at radius 2 is 1.77 bits per heavy atom. The monoisotopic (exact) mass is 814 g/mol. The number of anilines is 1. The number of benzene rings is 2. The first kappa shape index (κ1) is 38.2. The molecule has 2 atom stereocenters. The van der Waals surface area contributed by atoms with Gasteiger partial charge in [-0.3, -0.25) is 9.59 Å². The molecule has 0 unspecified atom stereocenters. The first-order chi connectivity index (χ1) is 22.7. The summed E-state index contributed by atoms with van der Waals surface area (Å²) in [7, 11) is 0. The fourth-order valence-corrected chi connectivity index (χ4v) is 6.47. The zero-order valence-electron chi connectivity index (χ0n) is 27.6. The largest absolute Gasteiger partial charge is 1.00 e. The Balaban J connectivity index is 0.00000520. The van der Waals surface area contributed by atoms with Crippen molar-refractivity contribution in [2.45, 2.75) is 77.5 Å². The van der Waals surface area contributed by atoms with Gasteiger partial charge >= 0.3 is 5.97 Å². The summed E-state index contributed by atoms with van der Waals surface area (Å²) in [5.74, 6) is -0.539. The van der Waals surface area contributed by atoms with E-state index < -0.39 is 5.79 Å². The number of nitrogens with zero attached hydrogens (tertiary/aromatic N) is 4. The van der Waals surface area contributed by atoms with Gasteiger partial charge in [-0.2, -0.15) is 0 Å². The van der Waals surface area contributed by atoms with Crippen molar-refractivity contribution in [1.82, 2.24) is 9.47 Å². The molecule has 0 bridgehead atoms. The van der Waals surface area contributed by atoms with E-state index in [9.17, 15) is 9.59 Å². The molecule has 3 heterocycles. The summed E-state index contributed by atoms with van der Waals surface area (Å²) in [4.78, 5) is 28.0. The van der Waals surface area contributed by atoms with E-state index in [4.69, 9.17) is 42.1 Å². The molecule has 2 fully saturated rings. The van der Waals surface area contributed by atoms with Gasteiger partial charge in [-0.05, 0) is 42.8 Å². The molecule has 2 saturated heterocycles. The molecule has 2 aliphatic heterocycles. The Bertz CT molecular complexity index is 1480. The number of hydrogen-bond acceptors (Lipinski definition) is 7. The molecule has 2 aromatic carbocycles. The Hall–Kier alpha value is -2.58. The van der Waals surface area contributed by atoms with Crippen molar-refractivity contribution in [3.63, 3.8) is 0 Å². The average molecular weight is 816 g/mol. The highest BCUT2D eigenvalue weighted by Gasteiger charge is 2.47. The molecule has 0 N–H and O–H groups in total. The van der Waals surface area contributed by atoms with E-state index in [1.54, 1.807) is 23.6 Å². The highest BCUT2D eigenvalue weighted by molar-refractivity contribution is 6.35. The fraction of sp³-hybridized carbons (Fsp3) is 0.514. The smallest absolute Gasteiger partial charge is 0.308 e. The maximum absolute atomic E-state index is 12.2. The summed E-state index contributed by atoms with van der Waals surface area (Å²) >= 11 is 12.9. The van der Waals surface area contributed by atoms with Gasteiger partial charge < -0.3 is 52.7 Å². The minimum atomic E-state index is -1.19. The van der Waals surface area contributed by atoms with Crippen molar-refractivity contribution in [3.05, 3.63) is 76.8 Å². The molecule has 262 valence electrons. The van der Waals surface area contributed by atoms with E-state index in [1.807, 2.05) is 58.5 Å². The van der Waals surface area contributed by atoms with Crippen LogP contribution in [0.25, 0.3) is 0 Å². The number of piperazine rings is 1. The third-order valence-corrected chi connectivity index (χ3v) is 9.11. The van der Waals surface area contributed by atoms with Gasteiger partial charge in [0.05, 0.1) is 11.6 Å². The fourth-order valence-electron chi connectivity index (χ4n) is 5.92. The third-order valence-electron chi connectivity index (χ3n) is 8.56. The summed E-state index contributed by atoms with van der Waals surface area (Å²) in [5, 5.41) is 0.952. The molecule has 1 aromatic heterocycles. The Morgan fingerprint density at radius 1 is 1.02 bits per heavy atom. The van der Waals surface area contributed by atoms with Crippen molar-refractivity contribution in [3.8, 4) is 5.75 Å². The Morgan fingerprint density at radius 3 is 2.48 bits per heavy atom. The van der Waals surface area contributed by atoms with Crippen LogP contribution in [0.4, 0.5) is 5.69 Å². The molecular formula is C35H45Cl2IN4O6. The van der Waals surface area contributed by atoms with Gasteiger partial charge in [0.15, 0.2) is 0 Å². The normalized spacial score (nSPS) is 19.2. The molecule has 1 amide bonds. The van der Waals surface area contributed by atoms with Crippen LogP contribution in [0.15, 0.2) is 61.2 Å². The second-order valence-corrected chi connectivity index (χ2v) is 13.0. The maximum atomic E-state index is 12.2. The zero-order valence-corrected chi connectivity index (χ0v) is 31.3. The lowest BCUT2D eigenvalue weighted by molar-refractivity contribution is -0.727. The van der Waals surface area contributed by atoms with Crippen LogP contribution in [0, 0.1) is 0 Å².